The summed E-state index contributed by atoms with van der Waals surface area (Å²) in [5.41, 5.74) is -1.04. The molecule has 0 aromatic carbocycles. The molecule has 2 unspecified atom stereocenters. The van der Waals surface area contributed by atoms with Crippen molar-refractivity contribution in [3.8, 4) is 0 Å². The van der Waals surface area contributed by atoms with Crippen molar-refractivity contribution in [1.29, 1.82) is 0 Å². The van der Waals surface area contributed by atoms with Gasteiger partial charge in [0.05, 0.1) is 36.0 Å². The van der Waals surface area contributed by atoms with Crippen LogP contribution in [0, 0.1) is 0 Å². The molecule has 1 aliphatic rings. The van der Waals surface area contributed by atoms with Gasteiger partial charge >= 0.3 is 6.18 Å². The lowest BCUT2D eigenvalue weighted by molar-refractivity contribution is -0.137. The fourth-order valence-corrected chi connectivity index (χ4v) is 4.59. The van der Waals surface area contributed by atoms with Crippen molar-refractivity contribution in [3.05, 3.63) is 38.9 Å². The Kier molecular flexibility index (Phi) is 9.17. The SMILES string of the molecule is CPC=NC(C)c1ncc(C(=O)N(CCN2CCOCC2)c2cc(C(F)(F)F)c(Cl)cn2)s1. The smallest absolute Gasteiger partial charge is 0.379 e. The number of alkyl halides is 3. The Morgan fingerprint density at radius 3 is 2.79 bits per heavy atom. The molecule has 0 spiro atoms. The predicted octanol–water partition coefficient (Wildman–Crippen LogP) is 4.59. The van der Waals surface area contributed by atoms with Gasteiger partial charge in [0.15, 0.2) is 0 Å². The first-order chi connectivity index (χ1) is 15.7. The topological polar surface area (TPSA) is 70.9 Å². The fourth-order valence-electron chi connectivity index (χ4n) is 3.14. The van der Waals surface area contributed by atoms with Crippen LogP contribution in [0.3, 0.4) is 0 Å². The molecule has 13 heteroatoms. The lowest BCUT2D eigenvalue weighted by atomic mass is 10.2. The molecule has 1 amide bonds. The Morgan fingerprint density at radius 2 is 2.12 bits per heavy atom. The van der Waals surface area contributed by atoms with Gasteiger partial charge in [0.2, 0.25) is 0 Å². The van der Waals surface area contributed by atoms with Crippen molar-refractivity contribution in [2.45, 2.75) is 19.1 Å². The number of ether oxygens (including phenoxy) is 1. The quantitative estimate of drug-likeness (QED) is 0.375. The number of pyridine rings is 1. The fraction of sp³-hybridized carbons (Fsp3) is 0.500. The molecule has 0 bridgehead atoms. The second kappa shape index (κ2) is 11.7. The molecule has 1 aliphatic heterocycles. The zero-order chi connectivity index (χ0) is 24.0. The molecule has 3 heterocycles. The summed E-state index contributed by atoms with van der Waals surface area (Å²) in [6.45, 7) is 6.99. The molecule has 2 aromatic heterocycles. The minimum absolute atomic E-state index is 0.113. The van der Waals surface area contributed by atoms with Crippen LogP contribution in [0.5, 0.6) is 0 Å². The first-order valence-electron chi connectivity index (χ1n) is 10.2. The van der Waals surface area contributed by atoms with E-state index in [0.29, 0.717) is 51.3 Å². The van der Waals surface area contributed by atoms with Crippen LogP contribution < -0.4 is 4.90 Å². The van der Waals surface area contributed by atoms with Crippen LogP contribution in [0.15, 0.2) is 23.5 Å². The van der Waals surface area contributed by atoms with Gasteiger partial charge in [0.25, 0.3) is 5.91 Å². The molecule has 0 N–H and O–H groups in total. The van der Waals surface area contributed by atoms with E-state index in [1.165, 1.54) is 22.4 Å². The van der Waals surface area contributed by atoms with Gasteiger partial charge in [-0.05, 0) is 19.7 Å². The number of morpholine rings is 1. The first kappa shape index (κ1) is 26.0. The highest BCUT2D eigenvalue weighted by Crippen LogP contribution is 2.36. The number of hydrogen-bond donors (Lipinski definition) is 0. The molecule has 0 aliphatic carbocycles. The molecule has 1 saturated heterocycles. The zero-order valence-corrected chi connectivity index (χ0v) is 20.7. The number of aromatic nitrogens is 2. The van der Waals surface area contributed by atoms with Crippen LogP contribution >= 0.6 is 31.5 Å². The molecule has 0 saturated carbocycles. The summed E-state index contributed by atoms with van der Waals surface area (Å²) in [6.07, 6.45) is -2.31. The molecule has 1 fully saturated rings. The van der Waals surface area contributed by atoms with Gasteiger partial charge in [-0.2, -0.15) is 13.2 Å². The van der Waals surface area contributed by atoms with E-state index in [-0.39, 0.29) is 18.4 Å². The summed E-state index contributed by atoms with van der Waals surface area (Å²) >= 11 is 6.91. The van der Waals surface area contributed by atoms with Crippen molar-refractivity contribution in [1.82, 2.24) is 14.9 Å². The third-order valence-corrected chi connectivity index (χ3v) is 6.79. The number of aliphatic imine (C=N–C) groups is 1. The molecular weight excluding hydrogens is 498 g/mol. The summed E-state index contributed by atoms with van der Waals surface area (Å²) in [5, 5.41) is 0.135. The standard InChI is InChI=1S/C20H24ClF3N5O2PS/c1-13(27-12-32-2)18-26-11-16(33-18)19(30)29(4-3-28-5-7-31-8-6-28)17-9-14(20(22,23)24)15(21)10-25-17/h9-13,32H,3-8H2,1-2H3. The van der Waals surface area contributed by atoms with E-state index in [4.69, 9.17) is 16.3 Å². The number of thiazole rings is 1. The zero-order valence-electron chi connectivity index (χ0n) is 18.1. The van der Waals surface area contributed by atoms with E-state index in [9.17, 15) is 18.0 Å². The summed E-state index contributed by atoms with van der Waals surface area (Å²) in [5.74, 6) is 1.22. The van der Waals surface area contributed by atoms with Crippen LogP contribution in [0.1, 0.15) is 33.2 Å². The molecule has 2 atom stereocenters. The van der Waals surface area contributed by atoms with Crippen molar-refractivity contribution >= 4 is 49.2 Å². The van der Waals surface area contributed by atoms with Crippen LogP contribution in [-0.2, 0) is 10.9 Å². The molecule has 33 heavy (non-hydrogen) atoms. The molecule has 7 nitrogen and oxygen atoms in total. The second-order valence-corrected chi connectivity index (χ2v) is 9.54. The van der Waals surface area contributed by atoms with Gasteiger partial charge in [-0.3, -0.25) is 19.6 Å². The van der Waals surface area contributed by atoms with Crippen LogP contribution in [0.4, 0.5) is 19.0 Å². The largest absolute Gasteiger partial charge is 0.418 e. The normalized spacial score (nSPS) is 16.7. The van der Waals surface area contributed by atoms with Gasteiger partial charge < -0.3 is 4.74 Å². The number of carbonyl (C=O) groups excluding carboxylic acids is 1. The number of anilines is 1. The van der Waals surface area contributed by atoms with Crippen LogP contribution in [-0.4, -0.2) is 72.8 Å². The van der Waals surface area contributed by atoms with Crippen molar-refractivity contribution in [2.24, 2.45) is 4.99 Å². The summed E-state index contributed by atoms with van der Waals surface area (Å²) < 4.78 is 45.6. The molecule has 180 valence electrons. The molecular formula is C20H24ClF3N5O2PS. The Morgan fingerprint density at radius 1 is 1.39 bits per heavy atom. The highest BCUT2D eigenvalue weighted by Gasteiger charge is 2.35. The average Bonchev–Trinajstić information content (AvgIpc) is 3.29. The second-order valence-electron chi connectivity index (χ2n) is 7.24. The number of amides is 1. The number of hydrogen-bond acceptors (Lipinski definition) is 7. The van der Waals surface area contributed by atoms with E-state index in [1.807, 2.05) is 13.6 Å². The van der Waals surface area contributed by atoms with Crippen molar-refractivity contribution < 1.29 is 22.7 Å². The highest BCUT2D eigenvalue weighted by atomic mass is 35.5. The van der Waals surface area contributed by atoms with Crippen LogP contribution in [0.25, 0.3) is 0 Å². The van der Waals surface area contributed by atoms with E-state index < -0.39 is 22.7 Å². The number of halogens is 4. The number of nitrogens with zero attached hydrogens (tertiary/aromatic N) is 5. The highest BCUT2D eigenvalue weighted by molar-refractivity contribution is 7.54. The number of rotatable bonds is 8. The van der Waals surface area contributed by atoms with Crippen molar-refractivity contribution in [2.75, 3.05) is 51.0 Å². The molecule has 2 aromatic rings. The lowest BCUT2D eigenvalue weighted by Crippen LogP contribution is -2.43. The maximum absolute atomic E-state index is 13.4. The lowest BCUT2D eigenvalue weighted by Gasteiger charge is -2.29. The molecule has 3 rings (SSSR count). The summed E-state index contributed by atoms with van der Waals surface area (Å²) in [7, 11) is 0.555. The average molecular weight is 522 g/mol. The minimum Gasteiger partial charge on any atom is -0.379 e. The Hall–Kier alpha value is -1.65. The maximum atomic E-state index is 13.4. The van der Waals surface area contributed by atoms with Crippen molar-refractivity contribution in [3.63, 3.8) is 0 Å². The third kappa shape index (κ3) is 6.93. The maximum Gasteiger partial charge on any atom is 0.418 e. The van der Waals surface area contributed by atoms with Gasteiger partial charge in [-0.1, -0.05) is 20.2 Å². The first-order valence-corrected chi connectivity index (χ1v) is 13.0. The minimum atomic E-state index is -4.67. The van der Waals surface area contributed by atoms with E-state index >= 15 is 0 Å². The summed E-state index contributed by atoms with van der Waals surface area (Å²) in [4.78, 5) is 29.7. The van der Waals surface area contributed by atoms with Crippen LogP contribution in [0.2, 0.25) is 5.02 Å². The summed E-state index contributed by atoms with van der Waals surface area (Å²) in [6, 6.07) is 0.604. The number of carbonyl (C=O) groups is 1. The van der Waals surface area contributed by atoms with E-state index in [1.54, 1.807) is 5.96 Å². The van der Waals surface area contributed by atoms with Gasteiger partial charge in [-0.25, -0.2) is 9.97 Å². The molecule has 0 radical (unpaired) electrons. The van der Waals surface area contributed by atoms with Gasteiger partial charge in [0, 0.05) is 38.3 Å². The predicted molar refractivity (Wildman–Crippen MR) is 126 cm³/mol. The van der Waals surface area contributed by atoms with E-state index in [0.717, 1.165) is 12.3 Å². The van der Waals surface area contributed by atoms with Gasteiger partial charge in [0.1, 0.15) is 15.7 Å². The Balaban J connectivity index is 1.89. The van der Waals surface area contributed by atoms with E-state index in [2.05, 4.69) is 19.9 Å². The Bertz CT molecular complexity index is 985. The Labute approximate surface area is 200 Å². The third-order valence-electron chi connectivity index (χ3n) is 4.93. The van der Waals surface area contributed by atoms with Gasteiger partial charge in [-0.15, -0.1) is 11.3 Å². The monoisotopic (exact) mass is 521 g/mol.